The van der Waals surface area contributed by atoms with Gasteiger partial charge in [-0.3, -0.25) is 4.68 Å². The van der Waals surface area contributed by atoms with Crippen LogP contribution in [-0.4, -0.2) is 57.8 Å². The van der Waals surface area contributed by atoms with Gasteiger partial charge in [-0.05, 0) is 45.7 Å². The molecule has 2 aliphatic rings. The Morgan fingerprint density at radius 3 is 2.61 bits per heavy atom. The first kappa shape index (κ1) is 16.3. The number of amides is 2. The molecule has 1 aromatic heterocycles. The summed E-state index contributed by atoms with van der Waals surface area (Å²) < 4.78 is 1.88. The topological polar surface area (TPSA) is 53.4 Å². The third-order valence-electron chi connectivity index (χ3n) is 5.11. The van der Waals surface area contributed by atoms with Crippen molar-refractivity contribution in [1.29, 1.82) is 0 Å². The van der Waals surface area contributed by atoms with Crippen molar-refractivity contribution in [2.24, 2.45) is 0 Å². The summed E-state index contributed by atoms with van der Waals surface area (Å²) in [6, 6.07) is 0.744. The van der Waals surface area contributed by atoms with E-state index in [1.807, 2.05) is 22.0 Å². The van der Waals surface area contributed by atoms with Crippen LogP contribution < -0.4 is 5.32 Å². The molecular weight excluding hydrogens is 290 g/mol. The van der Waals surface area contributed by atoms with Gasteiger partial charge in [-0.2, -0.15) is 5.10 Å². The van der Waals surface area contributed by atoms with Crippen LogP contribution in [0, 0.1) is 0 Å². The van der Waals surface area contributed by atoms with E-state index >= 15 is 0 Å². The van der Waals surface area contributed by atoms with Gasteiger partial charge < -0.3 is 15.1 Å². The Kier molecular flexibility index (Phi) is 5.54. The predicted octanol–water partition coefficient (Wildman–Crippen LogP) is 2.06. The molecular formula is C17H29N5O. The molecule has 0 atom stereocenters. The highest BCUT2D eigenvalue weighted by atomic mass is 16.2. The van der Waals surface area contributed by atoms with Crippen molar-refractivity contribution in [3.8, 4) is 0 Å². The summed E-state index contributed by atoms with van der Waals surface area (Å²) in [5.41, 5.74) is 1.06. The number of urea groups is 1. The van der Waals surface area contributed by atoms with E-state index in [0.717, 1.165) is 38.0 Å². The summed E-state index contributed by atoms with van der Waals surface area (Å²) in [6.07, 6.45) is 10.1. The molecule has 2 amide bonds. The second-order valence-electron chi connectivity index (χ2n) is 6.68. The van der Waals surface area contributed by atoms with Crippen LogP contribution in [0.15, 0.2) is 12.4 Å². The number of nitrogens with zero attached hydrogens (tertiary/aromatic N) is 4. The standard InChI is InChI=1S/C17H29N5O/c1-2-22-14-15(13-19-22)12-18-17(23)21-10-6-16(7-11-21)20-8-4-3-5-9-20/h13-14,16H,2-12H2,1H3,(H,18,23). The molecule has 0 unspecified atom stereocenters. The summed E-state index contributed by atoms with van der Waals surface area (Å²) >= 11 is 0. The van der Waals surface area contributed by atoms with Crippen molar-refractivity contribution in [2.75, 3.05) is 26.2 Å². The molecule has 0 aromatic carbocycles. The monoisotopic (exact) mass is 319 g/mol. The lowest BCUT2D eigenvalue weighted by atomic mass is 10.0. The second-order valence-corrected chi connectivity index (χ2v) is 6.68. The molecule has 0 aliphatic carbocycles. The highest BCUT2D eigenvalue weighted by Gasteiger charge is 2.27. The lowest BCUT2D eigenvalue weighted by molar-refractivity contribution is 0.101. The zero-order chi connectivity index (χ0) is 16.1. The highest BCUT2D eigenvalue weighted by molar-refractivity contribution is 5.74. The number of nitrogens with one attached hydrogen (secondary N) is 1. The average Bonchev–Trinajstić information content (AvgIpc) is 3.09. The number of piperidine rings is 2. The van der Waals surface area contributed by atoms with Crippen molar-refractivity contribution in [1.82, 2.24) is 24.9 Å². The molecule has 3 heterocycles. The summed E-state index contributed by atoms with van der Waals surface area (Å²) in [4.78, 5) is 16.9. The molecule has 23 heavy (non-hydrogen) atoms. The summed E-state index contributed by atoms with van der Waals surface area (Å²) in [5, 5.41) is 7.25. The van der Waals surface area contributed by atoms with Gasteiger partial charge in [0.25, 0.3) is 0 Å². The van der Waals surface area contributed by atoms with Crippen LogP contribution in [0.4, 0.5) is 4.79 Å². The molecule has 2 fully saturated rings. The van der Waals surface area contributed by atoms with Gasteiger partial charge in [0, 0.05) is 44.0 Å². The van der Waals surface area contributed by atoms with Crippen LogP contribution in [0.5, 0.6) is 0 Å². The first-order valence-corrected chi connectivity index (χ1v) is 9.04. The molecule has 2 saturated heterocycles. The van der Waals surface area contributed by atoms with Gasteiger partial charge in [-0.25, -0.2) is 4.79 Å². The average molecular weight is 319 g/mol. The zero-order valence-electron chi connectivity index (χ0n) is 14.2. The SMILES string of the molecule is CCn1cc(CNC(=O)N2CCC(N3CCCCC3)CC2)cn1. The van der Waals surface area contributed by atoms with Gasteiger partial charge >= 0.3 is 6.03 Å². The molecule has 6 heteroatoms. The van der Waals surface area contributed by atoms with Crippen molar-refractivity contribution >= 4 is 6.03 Å². The normalized spacial score (nSPS) is 20.7. The lowest BCUT2D eigenvalue weighted by Crippen LogP contribution is -2.50. The number of carbonyl (C=O) groups excluding carboxylic acids is 1. The Labute approximate surface area is 138 Å². The van der Waals surface area contributed by atoms with E-state index in [4.69, 9.17) is 0 Å². The van der Waals surface area contributed by atoms with E-state index in [-0.39, 0.29) is 6.03 Å². The molecule has 2 aliphatic heterocycles. The maximum atomic E-state index is 12.3. The first-order valence-electron chi connectivity index (χ1n) is 9.04. The molecule has 1 N–H and O–H groups in total. The molecule has 6 nitrogen and oxygen atoms in total. The minimum Gasteiger partial charge on any atom is -0.334 e. The van der Waals surface area contributed by atoms with Gasteiger partial charge in [-0.1, -0.05) is 6.42 Å². The zero-order valence-corrected chi connectivity index (χ0v) is 14.2. The van der Waals surface area contributed by atoms with E-state index in [1.54, 1.807) is 0 Å². The Morgan fingerprint density at radius 2 is 1.96 bits per heavy atom. The smallest absolute Gasteiger partial charge is 0.317 e. The Hall–Kier alpha value is -1.56. The van der Waals surface area contributed by atoms with E-state index in [9.17, 15) is 4.79 Å². The molecule has 0 saturated carbocycles. The number of hydrogen-bond acceptors (Lipinski definition) is 3. The number of hydrogen-bond donors (Lipinski definition) is 1. The fraction of sp³-hybridized carbons (Fsp3) is 0.765. The number of aromatic nitrogens is 2. The van der Waals surface area contributed by atoms with Gasteiger partial charge in [0.2, 0.25) is 0 Å². The van der Waals surface area contributed by atoms with Crippen molar-refractivity contribution < 1.29 is 4.79 Å². The van der Waals surface area contributed by atoms with Crippen molar-refractivity contribution in [3.63, 3.8) is 0 Å². The highest BCUT2D eigenvalue weighted by Crippen LogP contribution is 2.20. The summed E-state index contributed by atoms with van der Waals surface area (Å²) in [6.45, 7) is 7.73. The Morgan fingerprint density at radius 1 is 1.22 bits per heavy atom. The largest absolute Gasteiger partial charge is 0.334 e. The van der Waals surface area contributed by atoms with Crippen LogP contribution in [0.1, 0.15) is 44.6 Å². The minimum atomic E-state index is 0.0614. The minimum absolute atomic E-state index is 0.0614. The van der Waals surface area contributed by atoms with Gasteiger partial charge in [0.15, 0.2) is 0 Å². The van der Waals surface area contributed by atoms with Crippen LogP contribution in [0.2, 0.25) is 0 Å². The van der Waals surface area contributed by atoms with E-state index in [1.165, 1.54) is 32.4 Å². The predicted molar refractivity (Wildman–Crippen MR) is 90.2 cm³/mol. The molecule has 1 aromatic rings. The maximum absolute atomic E-state index is 12.3. The molecule has 0 spiro atoms. The number of carbonyl (C=O) groups is 1. The summed E-state index contributed by atoms with van der Waals surface area (Å²) in [5.74, 6) is 0. The molecule has 3 rings (SSSR count). The van der Waals surface area contributed by atoms with Gasteiger partial charge in [-0.15, -0.1) is 0 Å². The van der Waals surface area contributed by atoms with Gasteiger partial charge in [0.1, 0.15) is 0 Å². The van der Waals surface area contributed by atoms with Crippen LogP contribution in [0.3, 0.4) is 0 Å². The van der Waals surface area contributed by atoms with Gasteiger partial charge in [0.05, 0.1) is 6.20 Å². The molecule has 0 radical (unpaired) electrons. The second kappa shape index (κ2) is 7.81. The van der Waals surface area contributed by atoms with Crippen molar-refractivity contribution in [3.05, 3.63) is 18.0 Å². The summed E-state index contributed by atoms with van der Waals surface area (Å²) in [7, 11) is 0. The third kappa shape index (κ3) is 4.25. The van der Waals surface area contributed by atoms with Crippen LogP contribution >= 0.6 is 0 Å². The Balaban J connectivity index is 1.41. The van der Waals surface area contributed by atoms with Crippen LogP contribution in [0.25, 0.3) is 0 Å². The fourth-order valence-corrected chi connectivity index (χ4v) is 3.68. The number of aryl methyl sites for hydroxylation is 1. The number of likely N-dealkylation sites (tertiary alicyclic amines) is 2. The molecule has 0 bridgehead atoms. The quantitative estimate of drug-likeness (QED) is 0.924. The fourth-order valence-electron chi connectivity index (χ4n) is 3.68. The first-order chi connectivity index (χ1) is 11.3. The lowest BCUT2D eigenvalue weighted by Gasteiger charge is -2.40. The third-order valence-corrected chi connectivity index (χ3v) is 5.11. The number of rotatable bonds is 4. The van der Waals surface area contributed by atoms with Crippen LogP contribution in [-0.2, 0) is 13.1 Å². The Bertz CT molecular complexity index is 501. The van der Waals surface area contributed by atoms with Crippen molar-refractivity contribution in [2.45, 2.75) is 58.2 Å². The molecule has 128 valence electrons. The maximum Gasteiger partial charge on any atom is 0.317 e. The van der Waals surface area contributed by atoms with E-state index in [0.29, 0.717) is 12.6 Å². The van der Waals surface area contributed by atoms with E-state index in [2.05, 4.69) is 22.2 Å². The van der Waals surface area contributed by atoms with E-state index < -0.39 is 0 Å².